The maximum Gasteiger partial charge on any atom is 0.302 e. The SMILES string of the molecule is CC(=O)OCCN(CCOC(C)=O)c1ccc(/N=N/c2snc(C)c2C#N)c(C)c1. The fourth-order valence-corrected chi connectivity index (χ4v) is 3.25. The molecule has 0 unspecified atom stereocenters. The number of carbonyl (C=O) groups excluding carboxylic acids is 2. The molecule has 0 aliphatic rings. The average molecular weight is 430 g/mol. The number of esters is 2. The van der Waals surface area contributed by atoms with Crippen LogP contribution in [-0.4, -0.2) is 42.6 Å². The molecule has 0 fully saturated rings. The van der Waals surface area contributed by atoms with E-state index in [1.807, 2.05) is 30.0 Å². The van der Waals surface area contributed by atoms with Crippen LogP contribution in [0.4, 0.5) is 16.4 Å². The number of nitriles is 1. The second-order valence-electron chi connectivity index (χ2n) is 6.40. The summed E-state index contributed by atoms with van der Waals surface area (Å²) in [7, 11) is 0. The van der Waals surface area contributed by atoms with Crippen LogP contribution in [0.15, 0.2) is 28.4 Å². The Balaban J connectivity index is 2.16. The number of rotatable bonds is 9. The van der Waals surface area contributed by atoms with Gasteiger partial charge in [0.2, 0.25) is 0 Å². The largest absolute Gasteiger partial charge is 0.464 e. The number of azo groups is 1. The van der Waals surface area contributed by atoms with Gasteiger partial charge in [-0.25, -0.2) is 0 Å². The number of carbonyl (C=O) groups is 2. The van der Waals surface area contributed by atoms with E-state index in [1.165, 1.54) is 13.8 Å². The standard InChI is InChI=1S/C20H23N5O4S/c1-13-11-17(25(7-9-28-15(3)26)8-10-29-16(4)27)5-6-19(13)22-23-20-18(12-21)14(2)24-30-20/h5-6,11H,7-10H2,1-4H3/b23-22+. The minimum atomic E-state index is -0.350. The number of ether oxygens (including phenoxy) is 2. The van der Waals surface area contributed by atoms with Crippen molar-refractivity contribution in [3.05, 3.63) is 35.0 Å². The summed E-state index contributed by atoms with van der Waals surface area (Å²) >= 11 is 1.13. The Morgan fingerprint density at radius 2 is 1.77 bits per heavy atom. The molecule has 0 amide bonds. The van der Waals surface area contributed by atoms with E-state index >= 15 is 0 Å². The lowest BCUT2D eigenvalue weighted by Crippen LogP contribution is -2.31. The van der Waals surface area contributed by atoms with Gasteiger partial charge in [0.15, 0.2) is 5.00 Å². The van der Waals surface area contributed by atoms with Crippen LogP contribution in [0.2, 0.25) is 0 Å². The van der Waals surface area contributed by atoms with E-state index in [-0.39, 0.29) is 25.2 Å². The Morgan fingerprint density at radius 1 is 1.13 bits per heavy atom. The molecule has 0 saturated heterocycles. The first kappa shape index (κ1) is 23.0. The van der Waals surface area contributed by atoms with Crippen molar-refractivity contribution in [2.24, 2.45) is 10.2 Å². The molecule has 0 spiro atoms. The van der Waals surface area contributed by atoms with E-state index in [0.29, 0.717) is 35.0 Å². The van der Waals surface area contributed by atoms with Crippen molar-refractivity contribution in [1.82, 2.24) is 4.37 Å². The fraction of sp³-hybridized carbons (Fsp3) is 0.400. The van der Waals surface area contributed by atoms with Gasteiger partial charge in [0.1, 0.15) is 24.8 Å². The van der Waals surface area contributed by atoms with Crippen LogP contribution < -0.4 is 4.90 Å². The number of aryl methyl sites for hydroxylation is 2. The molecule has 0 saturated carbocycles. The van der Waals surface area contributed by atoms with Gasteiger partial charge in [0, 0.05) is 19.5 Å². The van der Waals surface area contributed by atoms with Crippen LogP contribution in [-0.2, 0) is 19.1 Å². The third-order valence-corrected chi connectivity index (χ3v) is 4.91. The number of anilines is 1. The molecule has 0 aliphatic heterocycles. The van der Waals surface area contributed by atoms with Crippen molar-refractivity contribution in [2.45, 2.75) is 27.7 Å². The van der Waals surface area contributed by atoms with Crippen LogP contribution in [0.25, 0.3) is 0 Å². The molecule has 0 radical (unpaired) electrons. The topological polar surface area (TPSA) is 117 Å². The van der Waals surface area contributed by atoms with Gasteiger partial charge >= 0.3 is 11.9 Å². The number of benzene rings is 1. The molecule has 2 aromatic rings. The van der Waals surface area contributed by atoms with Crippen molar-refractivity contribution in [2.75, 3.05) is 31.2 Å². The summed E-state index contributed by atoms with van der Waals surface area (Å²) in [4.78, 5) is 24.0. The summed E-state index contributed by atoms with van der Waals surface area (Å²) in [6.07, 6.45) is 0. The third-order valence-electron chi connectivity index (χ3n) is 4.08. The summed E-state index contributed by atoms with van der Waals surface area (Å²) in [5.74, 6) is -0.700. The lowest BCUT2D eigenvalue weighted by Gasteiger charge is -2.25. The molecule has 0 atom stereocenters. The zero-order valence-corrected chi connectivity index (χ0v) is 18.2. The molecule has 0 N–H and O–H groups in total. The Bertz CT molecular complexity index is 960. The Hall–Kier alpha value is -3.32. The van der Waals surface area contributed by atoms with Crippen molar-refractivity contribution >= 4 is 39.8 Å². The molecule has 0 aliphatic carbocycles. The molecule has 1 aromatic heterocycles. The molecule has 9 nitrogen and oxygen atoms in total. The molecule has 158 valence electrons. The smallest absolute Gasteiger partial charge is 0.302 e. The van der Waals surface area contributed by atoms with Crippen LogP contribution in [0.3, 0.4) is 0 Å². The lowest BCUT2D eigenvalue weighted by atomic mass is 10.1. The van der Waals surface area contributed by atoms with Crippen LogP contribution in [0.5, 0.6) is 0 Å². The van der Waals surface area contributed by atoms with Crippen LogP contribution in [0.1, 0.15) is 30.7 Å². The number of hydrogen-bond acceptors (Lipinski definition) is 10. The summed E-state index contributed by atoms with van der Waals surface area (Å²) in [6, 6.07) is 7.70. The molecule has 1 aromatic carbocycles. The maximum absolute atomic E-state index is 11.0. The highest BCUT2D eigenvalue weighted by atomic mass is 32.1. The minimum Gasteiger partial charge on any atom is -0.464 e. The maximum atomic E-state index is 11.0. The molecule has 2 rings (SSSR count). The molecule has 0 bridgehead atoms. The van der Waals surface area contributed by atoms with Crippen LogP contribution in [0, 0.1) is 25.2 Å². The molecule has 1 heterocycles. The second kappa shape index (κ2) is 11.0. The first-order valence-corrected chi connectivity index (χ1v) is 9.99. The quantitative estimate of drug-likeness (QED) is 0.437. The summed E-state index contributed by atoms with van der Waals surface area (Å²) in [6.45, 7) is 7.71. The molecular formula is C20H23N5O4S. The van der Waals surface area contributed by atoms with Crippen LogP contribution >= 0.6 is 11.5 Å². The Labute approximate surface area is 179 Å². The van der Waals surface area contributed by atoms with E-state index < -0.39 is 0 Å². The highest BCUT2D eigenvalue weighted by molar-refractivity contribution is 7.10. The van der Waals surface area contributed by atoms with Gasteiger partial charge in [-0.05, 0) is 49.1 Å². The number of nitrogens with zero attached hydrogens (tertiary/aromatic N) is 5. The monoisotopic (exact) mass is 429 g/mol. The molecular weight excluding hydrogens is 406 g/mol. The Kier molecular flexibility index (Phi) is 8.43. The predicted molar refractivity (Wildman–Crippen MR) is 112 cm³/mol. The minimum absolute atomic E-state index is 0.220. The summed E-state index contributed by atoms with van der Waals surface area (Å²) in [5.41, 5.74) is 3.48. The van der Waals surface area contributed by atoms with Crippen molar-refractivity contribution in [1.29, 1.82) is 5.26 Å². The number of hydrogen-bond donors (Lipinski definition) is 0. The van der Waals surface area contributed by atoms with Crippen molar-refractivity contribution in [3.8, 4) is 6.07 Å². The fourth-order valence-electron chi connectivity index (χ4n) is 2.57. The average Bonchev–Trinajstić information content (AvgIpc) is 3.04. The third kappa shape index (κ3) is 6.63. The normalized spacial score (nSPS) is 10.6. The number of aromatic nitrogens is 1. The zero-order valence-electron chi connectivity index (χ0n) is 17.3. The lowest BCUT2D eigenvalue weighted by molar-refractivity contribution is -0.141. The zero-order chi connectivity index (χ0) is 22.1. The van der Waals surface area contributed by atoms with E-state index in [2.05, 4.69) is 20.7 Å². The van der Waals surface area contributed by atoms with Gasteiger partial charge in [-0.15, -0.1) is 10.2 Å². The van der Waals surface area contributed by atoms with Gasteiger partial charge in [-0.3, -0.25) is 9.59 Å². The van der Waals surface area contributed by atoms with E-state index in [1.54, 1.807) is 6.92 Å². The van der Waals surface area contributed by atoms with E-state index in [0.717, 1.165) is 22.8 Å². The van der Waals surface area contributed by atoms with Gasteiger partial charge in [0.05, 0.1) is 24.5 Å². The summed E-state index contributed by atoms with van der Waals surface area (Å²) in [5, 5.41) is 18.1. The van der Waals surface area contributed by atoms with Gasteiger partial charge in [-0.2, -0.15) is 9.64 Å². The predicted octanol–water partition coefficient (Wildman–Crippen LogP) is 3.98. The van der Waals surface area contributed by atoms with Gasteiger partial charge in [-0.1, -0.05) is 0 Å². The highest BCUT2D eigenvalue weighted by Crippen LogP contribution is 2.30. The van der Waals surface area contributed by atoms with E-state index in [9.17, 15) is 14.9 Å². The molecule has 10 heteroatoms. The molecule has 30 heavy (non-hydrogen) atoms. The van der Waals surface area contributed by atoms with Crippen molar-refractivity contribution < 1.29 is 19.1 Å². The van der Waals surface area contributed by atoms with E-state index in [4.69, 9.17) is 9.47 Å². The van der Waals surface area contributed by atoms with Gasteiger partial charge in [0.25, 0.3) is 0 Å². The first-order chi connectivity index (χ1) is 14.3. The van der Waals surface area contributed by atoms with Gasteiger partial charge < -0.3 is 14.4 Å². The first-order valence-electron chi connectivity index (χ1n) is 9.22. The highest BCUT2D eigenvalue weighted by Gasteiger charge is 2.12. The Morgan fingerprint density at radius 3 is 2.30 bits per heavy atom. The van der Waals surface area contributed by atoms with Crippen molar-refractivity contribution in [3.63, 3.8) is 0 Å². The summed E-state index contributed by atoms with van der Waals surface area (Å²) < 4.78 is 14.2. The second-order valence-corrected chi connectivity index (χ2v) is 7.15.